The number of hydrogen-bond acceptors (Lipinski definition) is 4. The highest BCUT2D eigenvalue weighted by Crippen LogP contribution is 2.19. The Labute approximate surface area is 103 Å². The van der Waals surface area contributed by atoms with Crippen molar-refractivity contribution in [2.45, 2.75) is 25.7 Å². The van der Waals surface area contributed by atoms with Crippen molar-refractivity contribution in [1.82, 2.24) is 0 Å². The molecule has 0 spiro atoms. The first-order chi connectivity index (χ1) is 7.83. The highest BCUT2D eigenvalue weighted by molar-refractivity contribution is 6.70. The Morgan fingerprint density at radius 3 is 2.18 bits per heavy atom. The van der Waals surface area contributed by atoms with E-state index in [4.69, 9.17) is 10.2 Å². The molecule has 1 rings (SSSR count). The van der Waals surface area contributed by atoms with Gasteiger partial charge in [0.05, 0.1) is 7.11 Å². The second-order valence-electron chi connectivity index (χ2n) is 4.78. The summed E-state index contributed by atoms with van der Waals surface area (Å²) in [6, 6.07) is 6.50. The van der Waals surface area contributed by atoms with Gasteiger partial charge in [0, 0.05) is 0 Å². The van der Waals surface area contributed by atoms with Gasteiger partial charge < -0.3 is 14.9 Å². The van der Waals surface area contributed by atoms with E-state index in [-0.39, 0.29) is 0 Å². The summed E-state index contributed by atoms with van der Waals surface area (Å²) in [5.74, 6) is 0.369. The smallest absolute Gasteiger partial charge is 0.327 e. The number of nitrogens with two attached hydrogens (primary N) is 1. The van der Waals surface area contributed by atoms with Crippen molar-refractivity contribution in [3.05, 3.63) is 29.8 Å². The molecular weight excluding hydrogens is 234 g/mol. The van der Waals surface area contributed by atoms with Crippen molar-refractivity contribution in [3.63, 3.8) is 0 Å². The van der Waals surface area contributed by atoms with E-state index in [1.165, 1.54) is 7.11 Å². The summed E-state index contributed by atoms with van der Waals surface area (Å²) >= 11 is 0. The van der Waals surface area contributed by atoms with Crippen molar-refractivity contribution in [2.75, 3.05) is 7.11 Å². The summed E-state index contributed by atoms with van der Waals surface area (Å²) in [6.07, 6.45) is 0. The van der Waals surface area contributed by atoms with Gasteiger partial charge in [-0.05, 0) is 37.3 Å². The van der Waals surface area contributed by atoms with Crippen LogP contribution in [0.4, 0.5) is 0 Å². The van der Waals surface area contributed by atoms with Gasteiger partial charge in [-0.2, -0.15) is 0 Å². The fraction of sp³-hybridized carbons (Fsp3) is 0.417. The molecule has 0 unspecified atom stereocenters. The molecule has 2 N–H and O–H groups in total. The van der Waals surface area contributed by atoms with Crippen molar-refractivity contribution in [2.24, 2.45) is 5.73 Å². The SMILES string of the molecule is COC(=O)[C@@H](N)c1ccc(O[Si](C)(C)C)cc1. The Bertz CT molecular complexity index is 384. The molecule has 1 aromatic rings. The van der Waals surface area contributed by atoms with Gasteiger partial charge in [0.15, 0.2) is 0 Å². The molecule has 0 saturated carbocycles. The van der Waals surface area contributed by atoms with E-state index in [1.54, 1.807) is 12.1 Å². The van der Waals surface area contributed by atoms with Gasteiger partial charge in [-0.1, -0.05) is 12.1 Å². The lowest BCUT2D eigenvalue weighted by molar-refractivity contribution is -0.142. The van der Waals surface area contributed by atoms with Gasteiger partial charge in [0.2, 0.25) is 8.32 Å². The zero-order valence-corrected chi connectivity index (χ0v) is 11.7. The van der Waals surface area contributed by atoms with Crippen molar-refractivity contribution in [3.8, 4) is 5.75 Å². The first kappa shape index (κ1) is 13.7. The highest BCUT2D eigenvalue weighted by Gasteiger charge is 2.18. The maximum atomic E-state index is 11.3. The van der Waals surface area contributed by atoms with Gasteiger partial charge in [-0.15, -0.1) is 0 Å². The molecule has 4 nitrogen and oxygen atoms in total. The molecular formula is C12H19NO3Si. The number of ether oxygens (including phenoxy) is 1. The van der Waals surface area contributed by atoms with Crippen molar-refractivity contribution < 1.29 is 14.0 Å². The zero-order valence-electron chi connectivity index (χ0n) is 10.7. The van der Waals surface area contributed by atoms with E-state index in [0.717, 1.165) is 11.3 Å². The number of carbonyl (C=O) groups excluding carboxylic acids is 1. The Hall–Kier alpha value is -1.33. The first-order valence-corrected chi connectivity index (χ1v) is 8.87. The maximum Gasteiger partial charge on any atom is 0.327 e. The third kappa shape index (κ3) is 4.20. The molecule has 1 aromatic carbocycles. The summed E-state index contributed by atoms with van der Waals surface area (Å²) in [4.78, 5) is 11.3. The normalized spacial score (nSPS) is 13.0. The maximum absolute atomic E-state index is 11.3. The number of hydrogen-bond donors (Lipinski definition) is 1. The van der Waals surface area contributed by atoms with E-state index >= 15 is 0 Å². The van der Waals surface area contributed by atoms with Crippen LogP contribution in [0.2, 0.25) is 19.6 Å². The summed E-state index contributed by atoms with van der Waals surface area (Å²) < 4.78 is 10.4. The number of esters is 1. The highest BCUT2D eigenvalue weighted by atomic mass is 28.4. The summed E-state index contributed by atoms with van der Waals surface area (Å²) in [7, 11) is -0.270. The van der Waals surface area contributed by atoms with Gasteiger partial charge in [0.25, 0.3) is 0 Å². The van der Waals surface area contributed by atoms with Gasteiger partial charge in [-0.3, -0.25) is 4.79 Å². The van der Waals surface area contributed by atoms with Crippen LogP contribution in [0.3, 0.4) is 0 Å². The van der Waals surface area contributed by atoms with Crippen molar-refractivity contribution >= 4 is 14.3 Å². The molecule has 1 atom stereocenters. The second kappa shape index (κ2) is 5.33. The third-order valence-corrected chi connectivity index (χ3v) is 2.97. The first-order valence-electron chi connectivity index (χ1n) is 5.46. The summed E-state index contributed by atoms with van der Waals surface area (Å²) in [6.45, 7) is 6.34. The van der Waals surface area contributed by atoms with E-state index in [9.17, 15) is 4.79 Å². The van der Waals surface area contributed by atoms with E-state index in [1.807, 2.05) is 12.1 Å². The summed E-state index contributed by atoms with van der Waals surface area (Å²) in [5.41, 5.74) is 6.44. The monoisotopic (exact) mass is 253 g/mol. The number of methoxy groups -OCH3 is 1. The molecule has 0 aliphatic heterocycles. The molecule has 0 aliphatic carbocycles. The van der Waals surface area contributed by atoms with Crippen LogP contribution < -0.4 is 10.2 Å². The number of rotatable bonds is 4. The topological polar surface area (TPSA) is 61.5 Å². The average Bonchev–Trinajstić information content (AvgIpc) is 2.26. The molecule has 0 bridgehead atoms. The molecule has 0 heterocycles. The number of carbonyl (C=O) groups is 1. The minimum absolute atomic E-state index is 0.441. The van der Waals surface area contributed by atoms with Gasteiger partial charge in [0.1, 0.15) is 11.8 Å². The van der Waals surface area contributed by atoms with Gasteiger partial charge in [-0.25, -0.2) is 0 Å². The fourth-order valence-corrected chi connectivity index (χ4v) is 2.20. The van der Waals surface area contributed by atoms with Crippen LogP contribution >= 0.6 is 0 Å². The average molecular weight is 253 g/mol. The van der Waals surface area contributed by atoms with Crippen LogP contribution in [0.5, 0.6) is 5.75 Å². The van der Waals surface area contributed by atoms with Crippen LogP contribution in [0, 0.1) is 0 Å². The standard InChI is InChI=1S/C12H19NO3Si/c1-15-12(14)11(13)9-5-7-10(8-6-9)16-17(2,3)4/h5-8,11H,13H2,1-4H3/t11-/m0/s1. The lowest BCUT2D eigenvalue weighted by Crippen LogP contribution is -2.29. The van der Waals surface area contributed by atoms with Crippen LogP contribution in [-0.2, 0) is 9.53 Å². The third-order valence-electron chi connectivity index (χ3n) is 2.12. The largest absolute Gasteiger partial charge is 0.544 e. The van der Waals surface area contributed by atoms with Crippen LogP contribution in [0.15, 0.2) is 24.3 Å². The minimum Gasteiger partial charge on any atom is -0.544 e. The minimum atomic E-state index is -1.59. The molecule has 0 fully saturated rings. The lowest BCUT2D eigenvalue weighted by Gasteiger charge is -2.19. The molecule has 0 aliphatic rings. The molecule has 0 amide bonds. The predicted octanol–water partition coefficient (Wildman–Crippen LogP) is 2.07. The lowest BCUT2D eigenvalue weighted by atomic mass is 10.1. The molecule has 94 valence electrons. The summed E-state index contributed by atoms with van der Waals surface area (Å²) in [5, 5.41) is 0. The van der Waals surface area contributed by atoms with Crippen LogP contribution in [0.25, 0.3) is 0 Å². The zero-order chi connectivity index (χ0) is 13.1. The Kier molecular flexibility index (Phi) is 4.31. The molecule has 5 heteroatoms. The van der Waals surface area contributed by atoms with E-state index in [2.05, 4.69) is 24.4 Å². The fourth-order valence-electron chi connectivity index (χ4n) is 1.36. The van der Waals surface area contributed by atoms with E-state index in [0.29, 0.717) is 0 Å². The van der Waals surface area contributed by atoms with E-state index < -0.39 is 20.3 Å². The molecule has 0 radical (unpaired) electrons. The van der Waals surface area contributed by atoms with Crippen LogP contribution in [0.1, 0.15) is 11.6 Å². The Morgan fingerprint density at radius 1 is 1.24 bits per heavy atom. The van der Waals surface area contributed by atoms with Crippen LogP contribution in [-0.4, -0.2) is 21.4 Å². The van der Waals surface area contributed by atoms with Gasteiger partial charge >= 0.3 is 5.97 Å². The predicted molar refractivity (Wildman–Crippen MR) is 69.4 cm³/mol. The Morgan fingerprint density at radius 2 is 1.76 bits per heavy atom. The second-order valence-corrected chi connectivity index (χ2v) is 9.21. The number of benzene rings is 1. The van der Waals surface area contributed by atoms with Crippen molar-refractivity contribution in [1.29, 1.82) is 0 Å². The molecule has 17 heavy (non-hydrogen) atoms. The Balaban J connectivity index is 2.78. The molecule has 0 aromatic heterocycles. The quantitative estimate of drug-likeness (QED) is 0.659. The molecule has 0 saturated heterocycles.